The normalized spacial score (nSPS) is 17.8. The molecule has 0 aromatic heterocycles. The number of alkyl carbamates (subject to hydrolysis) is 1. The minimum atomic E-state index is -2.05. The molecule has 0 radical (unpaired) electrons. The third-order valence-corrected chi connectivity index (χ3v) is 4.81. The second-order valence-corrected chi connectivity index (χ2v) is 7.44. The molecule has 1 heterocycles. The predicted molar refractivity (Wildman–Crippen MR) is 96.5 cm³/mol. The summed E-state index contributed by atoms with van der Waals surface area (Å²) < 4.78 is 16.0. The Morgan fingerprint density at radius 2 is 2.04 bits per heavy atom. The summed E-state index contributed by atoms with van der Waals surface area (Å²) >= 11 is 0. The number of hydrogen-bond acceptors (Lipinski definition) is 5. The van der Waals surface area contributed by atoms with Crippen LogP contribution in [-0.2, 0) is 15.9 Å². The van der Waals surface area contributed by atoms with Crippen LogP contribution < -0.4 is 10.6 Å². The molecule has 1 amide bonds. The Hall–Kier alpha value is -1.53. The van der Waals surface area contributed by atoms with Gasteiger partial charge in [-0.3, -0.25) is 10.2 Å². The number of carbonyl (C=O) groups is 1. The van der Waals surface area contributed by atoms with Crippen LogP contribution in [-0.4, -0.2) is 53.9 Å². The van der Waals surface area contributed by atoms with Crippen LogP contribution in [0.2, 0.25) is 0 Å². The van der Waals surface area contributed by atoms with Crippen molar-refractivity contribution in [2.75, 3.05) is 25.8 Å². The van der Waals surface area contributed by atoms with Gasteiger partial charge in [0, 0.05) is 12.6 Å². The molecule has 0 saturated carbocycles. The first-order chi connectivity index (χ1) is 12.0. The number of piperidine rings is 1. The summed E-state index contributed by atoms with van der Waals surface area (Å²) in [5, 5.41) is 6.18. The van der Waals surface area contributed by atoms with E-state index in [1.807, 2.05) is 37.3 Å². The van der Waals surface area contributed by atoms with Crippen molar-refractivity contribution in [3.8, 4) is 0 Å². The molecule has 1 aromatic rings. The fourth-order valence-corrected chi connectivity index (χ4v) is 3.34. The topological polar surface area (TPSA) is 90.9 Å². The molecule has 8 heteroatoms. The van der Waals surface area contributed by atoms with Crippen LogP contribution in [0, 0.1) is 0 Å². The van der Waals surface area contributed by atoms with Crippen molar-refractivity contribution in [3.05, 3.63) is 35.9 Å². The van der Waals surface area contributed by atoms with E-state index in [-0.39, 0.29) is 12.8 Å². The Kier molecular flexibility index (Phi) is 8.28. The first-order valence-corrected chi connectivity index (χ1v) is 10.0. The quantitative estimate of drug-likeness (QED) is 0.481. The molecule has 7 nitrogen and oxygen atoms in total. The van der Waals surface area contributed by atoms with Crippen LogP contribution >= 0.6 is 8.03 Å². The van der Waals surface area contributed by atoms with Gasteiger partial charge in [-0.2, -0.15) is 4.89 Å². The predicted octanol–water partition coefficient (Wildman–Crippen LogP) is 2.05. The van der Waals surface area contributed by atoms with Crippen molar-refractivity contribution < 1.29 is 19.0 Å². The van der Waals surface area contributed by atoms with E-state index in [1.165, 1.54) is 0 Å². The number of nitrogens with one attached hydrogen (secondary N) is 2. The number of nitrogens with zero attached hydrogens (tertiary/aromatic N) is 1. The first-order valence-electron chi connectivity index (χ1n) is 8.62. The van der Waals surface area contributed by atoms with E-state index in [1.54, 1.807) is 0 Å². The first kappa shape index (κ1) is 19.8. The van der Waals surface area contributed by atoms with Gasteiger partial charge in [-0.15, -0.1) is 0 Å². The Balaban J connectivity index is 1.61. The largest absolute Gasteiger partial charge is 0.506 e. The van der Waals surface area contributed by atoms with Gasteiger partial charge in [0.2, 0.25) is 0 Å². The summed E-state index contributed by atoms with van der Waals surface area (Å²) in [5.74, 6) is 0. The van der Waals surface area contributed by atoms with Gasteiger partial charge in [0.1, 0.15) is 6.61 Å². The van der Waals surface area contributed by atoms with E-state index < -0.39 is 14.1 Å². The molecule has 0 spiro atoms. The molecule has 25 heavy (non-hydrogen) atoms. The van der Waals surface area contributed by atoms with Crippen LogP contribution in [0.25, 0.3) is 0 Å². The highest BCUT2D eigenvalue weighted by molar-refractivity contribution is 7.38. The van der Waals surface area contributed by atoms with Gasteiger partial charge in [0.25, 0.3) is 0 Å². The summed E-state index contributed by atoms with van der Waals surface area (Å²) in [6.45, 7) is 4.60. The van der Waals surface area contributed by atoms with E-state index in [4.69, 9.17) is 9.63 Å². The summed E-state index contributed by atoms with van der Waals surface area (Å²) in [5.41, 5.74) is 0.954. The molecule has 1 aromatic carbocycles. The fraction of sp³-hybridized carbons (Fsp3) is 0.588. The zero-order valence-electron chi connectivity index (χ0n) is 14.6. The average Bonchev–Trinajstić information content (AvgIpc) is 2.60. The van der Waals surface area contributed by atoms with Gasteiger partial charge in [-0.1, -0.05) is 30.3 Å². The number of rotatable bonds is 8. The van der Waals surface area contributed by atoms with Crippen LogP contribution in [0.5, 0.6) is 0 Å². The zero-order valence-corrected chi connectivity index (χ0v) is 15.5. The third kappa shape index (κ3) is 7.92. The van der Waals surface area contributed by atoms with Gasteiger partial charge in [-0.25, -0.2) is 4.79 Å². The summed E-state index contributed by atoms with van der Waals surface area (Å²) in [6, 6.07) is 9.89. The van der Waals surface area contributed by atoms with E-state index in [2.05, 4.69) is 15.5 Å². The molecule has 3 N–H and O–H groups in total. The Morgan fingerprint density at radius 1 is 1.36 bits per heavy atom. The average molecular weight is 368 g/mol. The van der Waals surface area contributed by atoms with Gasteiger partial charge in [0.15, 0.2) is 6.16 Å². The van der Waals surface area contributed by atoms with Crippen molar-refractivity contribution in [2.45, 2.75) is 38.6 Å². The lowest BCUT2D eigenvalue weighted by atomic mass is 10.1. The minimum absolute atomic E-state index is 0.174. The van der Waals surface area contributed by atoms with Crippen LogP contribution in [0.3, 0.4) is 0 Å². The molecular formula is C17H27N3O4P+. The highest BCUT2D eigenvalue weighted by Crippen LogP contribution is 2.15. The standard InChI is InChI=1S/C17H26N3O4P/c1-14(19-17(21)24-13-15-5-3-2-4-6-15)18-16-7-9-20(10-8-16)11-12-25(22)23/h2-6,14,16,18H,7-13H2,1H3,(H-,19,21,22,23)/p+1. The van der Waals surface area contributed by atoms with Crippen molar-refractivity contribution in [2.24, 2.45) is 0 Å². The van der Waals surface area contributed by atoms with Crippen LogP contribution in [0.1, 0.15) is 25.3 Å². The van der Waals surface area contributed by atoms with Crippen molar-refractivity contribution in [3.63, 3.8) is 0 Å². The maximum absolute atomic E-state index is 11.8. The molecule has 138 valence electrons. The monoisotopic (exact) mass is 368 g/mol. The SMILES string of the molecule is CC(NC(=O)OCc1ccccc1)NC1CCN(CC[P+](=O)O)CC1. The molecule has 1 fully saturated rings. The highest BCUT2D eigenvalue weighted by Gasteiger charge is 2.23. The van der Waals surface area contributed by atoms with Crippen molar-refractivity contribution in [1.29, 1.82) is 0 Å². The fourth-order valence-electron chi connectivity index (χ4n) is 2.89. The lowest BCUT2D eigenvalue weighted by Gasteiger charge is -2.33. The Morgan fingerprint density at radius 3 is 2.68 bits per heavy atom. The molecule has 2 atom stereocenters. The minimum Gasteiger partial charge on any atom is -0.445 e. The van der Waals surface area contributed by atoms with E-state index >= 15 is 0 Å². The number of benzene rings is 1. The second kappa shape index (κ2) is 10.5. The summed E-state index contributed by atoms with van der Waals surface area (Å²) in [4.78, 5) is 22.9. The number of carbonyl (C=O) groups excluding carboxylic acids is 1. The third-order valence-electron chi connectivity index (χ3n) is 4.23. The number of ether oxygens (including phenoxy) is 1. The van der Waals surface area contributed by atoms with Crippen molar-refractivity contribution in [1.82, 2.24) is 15.5 Å². The molecular weight excluding hydrogens is 341 g/mol. The van der Waals surface area contributed by atoms with E-state index in [0.29, 0.717) is 18.7 Å². The number of likely N-dealkylation sites (tertiary alicyclic amines) is 1. The summed E-state index contributed by atoms with van der Waals surface area (Å²) in [6.07, 6.45) is 1.62. The molecule has 1 aliphatic rings. The number of amides is 1. The van der Waals surface area contributed by atoms with Gasteiger partial charge in [-0.05, 0) is 43.0 Å². The van der Waals surface area contributed by atoms with Crippen LogP contribution in [0.4, 0.5) is 4.79 Å². The number of hydrogen-bond donors (Lipinski definition) is 3. The van der Waals surface area contributed by atoms with Gasteiger partial charge < -0.3 is 10.1 Å². The van der Waals surface area contributed by atoms with Gasteiger partial charge in [0.05, 0.1) is 6.17 Å². The van der Waals surface area contributed by atoms with E-state index in [0.717, 1.165) is 31.5 Å². The summed E-state index contributed by atoms with van der Waals surface area (Å²) in [7, 11) is -2.05. The Labute approximate surface area is 149 Å². The molecule has 0 bridgehead atoms. The lowest BCUT2D eigenvalue weighted by molar-refractivity contribution is 0.131. The maximum atomic E-state index is 11.8. The lowest BCUT2D eigenvalue weighted by Crippen LogP contribution is -2.51. The van der Waals surface area contributed by atoms with Crippen molar-refractivity contribution >= 4 is 14.1 Å². The molecule has 2 rings (SSSR count). The van der Waals surface area contributed by atoms with Gasteiger partial charge >= 0.3 is 14.1 Å². The molecule has 1 saturated heterocycles. The highest BCUT2D eigenvalue weighted by atomic mass is 31.1. The maximum Gasteiger partial charge on any atom is 0.506 e. The Bertz CT molecular complexity index is 550. The molecule has 1 aliphatic heterocycles. The zero-order chi connectivity index (χ0) is 18.1. The van der Waals surface area contributed by atoms with E-state index in [9.17, 15) is 9.36 Å². The second-order valence-electron chi connectivity index (χ2n) is 6.29. The molecule has 2 unspecified atom stereocenters. The molecule has 0 aliphatic carbocycles. The van der Waals surface area contributed by atoms with Crippen LogP contribution in [0.15, 0.2) is 30.3 Å². The smallest absolute Gasteiger partial charge is 0.445 e.